The number of nitrogens with one attached hydrogen (secondary N) is 1. The SMILES string of the molecule is COc1cccc(NC(CO)c2cnn(C)c2C)c1. The summed E-state index contributed by atoms with van der Waals surface area (Å²) in [5, 5.41) is 17.1. The molecule has 0 spiro atoms. The van der Waals surface area contributed by atoms with E-state index in [1.807, 2.05) is 38.2 Å². The zero-order chi connectivity index (χ0) is 13.8. The number of aryl methyl sites for hydroxylation is 1. The predicted molar refractivity (Wildman–Crippen MR) is 74.4 cm³/mol. The molecule has 0 radical (unpaired) electrons. The number of aliphatic hydroxyl groups excluding tert-OH is 1. The molecule has 0 fully saturated rings. The molecule has 1 unspecified atom stereocenters. The van der Waals surface area contributed by atoms with Gasteiger partial charge in [-0.25, -0.2) is 0 Å². The van der Waals surface area contributed by atoms with Gasteiger partial charge in [0.25, 0.3) is 0 Å². The quantitative estimate of drug-likeness (QED) is 0.863. The third-order valence-corrected chi connectivity index (χ3v) is 3.24. The molecule has 0 aliphatic carbocycles. The number of rotatable bonds is 5. The molecule has 0 saturated heterocycles. The number of anilines is 1. The summed E-state index contributed by atoms with van der Waals surface area (Å²) < 4.78 is 6.98. The van der Waals surface area contributed by atoms with Gasteiger partial charge < -0.3 is 15.2 Å². The molecule has 0 saturated carbocycles. The lowest BCUT2D eigenvalue weighted by atomic mass is 10.1. The molecule has 0 bridgehead atoms. The number of nitrogens with zero attached hydrogens (tertiary/aromatic N) is 2. The van der Waals surface area contributed by atoms with Crippen molar-refractivity contribution in [2.45, 2.75) is 13.0 Å². The van der Waals surface area contributed by atoms with Gasteiger partial charge in [-0.15, -0.1) is 0 Å². The van der Waals surface area contributed by atoms with Crippen LogP contribution in [0.25, 0.3) is 0 Å². The van der Waals surface area contributed by atoms with Gasteiger partial charge in [0, 0.05) is 30.1 Å². The van der Waals surface area contributed by atoms with Crippen molar-refractivity contribution in [2.75, 3.05) is 19.0 Å². The van der Waals surface area contributed by atoms with Crippen LogP contribution in [-0.2, 0) is 7.05 Å². The summed E-state index contributed by atoms with van der Waals surface area (Å²) in [6, 6.07) is 7.45. The topological polar surface area (TPSA) is 59.3 Å². The number of ether oxygens (including phenoxy) is 1. The highest BCUT2D eigenvalue weighted by molar-refractivity contribution is 5.50. The van der Waals surface area contributed by atoms with E-state index >= 15 is 0 Å². The van der Waals surface area contributed by atoms with Crippen molar-refractivity contribution in [3.8, 4) is 5.75 Å². The molecule has 2 rings (SSSR count). The standard InChI is InChI=1S/C14H19N3O2/c1-10-13(8-15-17(10)2)14(9-18)16-11-5-4-6-12(7-11)19-3/h4-8,14,16,18H,9H2,1-3H3. The van der Waals surface area contributed by atoms with Crippen LogP contribution in [0.2, 0.25) is 0 Å². The Morgan fingerprint density at radius 1 is 1.47 bits per heavy atom. The first-order chi connectivity index (χ1) is 9.15. The summed E-state index contributed by atoms with van der Waals surface area (Å²) >= 11 is 0. The van der Waals surface area contributed by atoms with Crippen LogP contribution >= 0.6 is 0 Å². The zero-order valence-corrected chi connectivity index (χ0v) is 11.4. The van der Waals surface area contributed by atoms with Crippen LogP contribution in [0.15, 0.2) is 30.5 Å². The van der Waals surface area contributed by atoms with E-state index in [1.54, 1.807) is 18.0 Å². The molecular formula is C14H19N3O2. The second-order valence-electron chi connectivity index (χ2n) is 4.42. The minimum atomic E-state index is -0.180. The Balaban J connectivity index is 2.21. The third kappa shape index (κ3) is 2.88. The summed E-state index contributed by atoms with van der Waals surface area (Å²) in [7, 11) is 3.52. The second kappa shape index (κ2) is 5.75. The number of aliphatic hydroxyl groups is 1. The third-order valence-electron chi connectivity index (χ3n) is 3.24. The Bertz CT molecular complexity index is 551. The van der Waals surface area contributed by atoms with E-state index in [4.69, 9.17) is 4.74 Å². The largest absolute Gasteiger partial charge is 0.497 e. The number of methoxy groups -OCH3 is 1. The fourth-order valence-electron chi connectivity index (χ4n) is 1.99. The van der Waals surface area contributed by atoms with Gasteiger partial charge in [-0.05, 0) is 19.1 Å². The molecule has 2 N–H and O–H groups in total. The first kappa shape index (κ1) is 13.4. The Kier molecular flexibility index (Phi) is 4.06. The van der Waals surface area contributed by atoms with Crippen molar-refractivity contribution in [3.05, 3.63) is 41.7 Å². The average Bonchev–Trinajstić information content (AvgIpc) is 2.77. The van der Waals surface area contributed by atoms with E-state index in [0.29, 0.717) is 0 Å². The summed E-state index contributed by atoms with van der Waals surface area (Å²) in [4.78, 5) is 0. The number of hydrogen-bond donors (Lipinski definition) is 2. The van der Waals surface area contributed by atoms with Gasteiger partial charge in [-0.2, -0.15) is 5.10 Å². The number of aromatic nitrogens is 2. The number of benzene rings is 1. The lowest BCUT2D eigenvalue weighted by Gasteiger charge is -2.18. The Morgan fingerprint density at radius 3 is 2.84 bits per heavy atom. The average molecular weight is 261 g/mol. The first-order valence-corrected chi connectivity index (χ1v) is 6.15. The van der Waals surface area contributed by atoms with Gasteiger partial charge in [-0.3, -0.25) is 4.68 Å². The van der Waals surface area contributed by atoms with Crippen LogP contribution < -0.4 is 10.1 Å². The Morgan fingerprint density at radius 2 is 2.26 bits per heavy atom. The predicted octanol–water partition coefficient (Wildman–Crippen LogP) is 1.88. The van der Waals surface area contributed by atoms with Gasteiger partial charge in [0.15, 0.2) is 0 Å². The summed E-state index contributed by atoms with van der Waals surface area (Å²) in [6.45, 7) is 1.99. The van der Waals surface area contributed by atoms with E-state index in [2.05, 4.69) is 10.4 Å². The van der Waals surface area contributed by atoms with Crippen molar-refractivity contribution in [1.29, 1.82) is 0 Å². The van der Waals surface area contributed by atoms with Crippen LogP contribution in [0.4, 0.5) is 5.69 Å². The molecule has 1 heterocycles. The summed E-state index contributed by atoms with van der Waals surface area (Å²) in [5.74, 6) is 0.782. The molecule has 102 valence electrons. The monoisotopic (exact) mass is 261 g/mol. The van der Waals surface area contributed by atoms with Crippen molar-refractivity contribution >= 4 is 5.69 Å². The van der Waals surface area contributed by atoms with Crippen molar-refractivity contribution < 1.29 is 9.84 Å². The van der Waals surface area contributed by atoms with Crippen molar-refractivity contribution in [3.63, 3.8) is 0 Å². The minimum Gasteiger partial charge on any atom is -0.497 e. The van der Waals surface area contributed by atoms with E-state index < -0.39 is 0 Å². The van der Waals surface area contributed by atoms with E-state index in [0.717, 1.165) is 22.7 Å². The molecule has 2 aromatic rings. The normalized spacial score (nSPS) is 12.2. The lowest BCUT2D eigenvalue weighted by Crippen LogP contribution is -2.15. The van der Waals surface area contributed by atoms with Gasteiger partial charge in [0.1, 0.15) is 5.75 Å². The smallest absolute Gasteiger partial charge is 0.120 e. The fourth-order valence-corrected chi connectivity index (χ4v) is 1.99. The molecule has 5 heteroatoms. The van der Waals surface area contributed by atoms with Gasteiger partial charge in [-0.1, -0.05) is 6.07 Å². The highest BCUT2D eigenvalue weighted by Gasteiger charge is 2.15. The van der Waals surface area contributed by atoms with E-state index in [9.17, 15) is 5.11 Å². The van der Waals surface area contributed by atoms with Crippen molar-refractivity contribution in [2.24, 2.45) is 7.05 Å². The van der Waals surface area contributed by atoms with Crippen LogP contribution in [0.1, 0.15) is 17.3 Å². The lowest BCUT2D eigenvalue weighted by molar-refractivity contribution is 0.276. The Labute approximate surface area is 112 Å². The van der Waals surface area contributed by atoms with Crippen LogP contribution in [-0.4, -0.2) is 28.6 Å². The minimum absolute atomic E-state index is 0.00371. The van der Waals surface area contributed by atoms with Gasteiger partial charge in [0.2, 0.25) is 0 Å². The van der Waals surface area contributed by atoms with Crippen LogP contribution in [0.5, 0.6) is 5.75 Å². The van der Waals surface area contributed by atoms with Crippen LogP contribution in [0.3, 0.4) is 0 Å². The molecule has 1 aromatic heterocycles. The van der Waals surface area contributed by atoms with Gasteiger partial charge >= 0.3 is 0 Å². The molecule has 1 aromatic carbocycles. The maximum atomic E-state index is 9.57. The van der Waals surface area contributed by atoms with Crippen LogP contribution in [0, 0.1) is 6.92 Å². The number of hydrogen-bond acceptors (Lipinski definition) is 4. The summed E-state index contributed by atoms with van der Waals surface area (Å²) in [5.41, 5.74) is 2.93. The molecule has 1 atom stereocenters. The molecule has 0 aliphatic rings. The van der Waals surface area contributed by atoms with Crippen molar-refractivity contribution in [1.82, 2.24) is 9.78 Å². The van der Waals surface area contributed by atoms with E-state index in [-0.39, 0.29) is 12.6 Å². The highest BCUT2D eigenvalue weighted by atomic mass is 16.5. The molecule has 0 amide bonds. The second-order valence-corrected chi connectivity index (χ2v) is 4.42. The molecule has 0 aliphatic heterocycles. The summed E-state index contributed by atoms with van der Waals surface area (Å²) in [6.07, 6.45) is 1.78. The molecular weight excluding hydrogens is 242 g/mol. The van der Waals surface area contributed by atoms with Gasteiger partial charge in [0.05, 0.1) is 26.0 Å². The first-order valence-electron chi connectivity index (χ1n) is 6.15. The zero-order valence-electron chi connectivity index (χ0n) is 11.4. The van der Waals surface area contributed by atoms with E-state index in [1.165, 1.54) is 0 Å². The molecule has 19 heavy (non-hydrogen) atoms. The molecule has 5 nitrogen and oxygen atoms in total. The Hall–Kier alpha value is -2.01. The fraction of sp³-hybridized carbons (Fsp3) is 0.357. The maximum absolute atomic E-state index is 9.57. The highest BCUT2D eigenvalue weighted by Crippen LogP contribution is 2.24. The maximum Gasteiger partial charge on any atom is 0.120 e.